The zero-order chi connectivity index (χ0) is 27.4. The number of nitrogens with one attached hydrogen (secondary N) is 2. The fraction of sp³-hybridized carbons (Fsp3) is 0.233. The van der Waals surface area contributed by atoms with E-state index in [0.717, 1.165) is 45.6 Å². The highest BCUT2D eigenvalue weighted by Gasteiger charge is 2.21. The Morgan fingerprint density at radius 3 is 2.18 bits per heavy atom. The number of rotatable bonds is 9. The highest BCUT2D eigenvalue weighted by Crippen LogP contribution is 2.42. The van der Waals surface area contributed by atoms with E-state index in [9.17, 15) is 4.79 Å². The molecule has 4 N–H and O–H groups in total. The molecule has 5 rings (SSSR count). The summed E-state index contributed by atoms with van der Waals surface area (Å²) in [7, 11) is 1.60. The van der Waals surface area contributed by atoms with Gasteiger partial charge in [-0.1, -0.05) is 71.7 Å². The van der Waals surface area contributed by atoms with E-state index in [1.807, 2.05) is 66.7 Å². The van der Waals surface area contributed by atoms with Crippen molar-refractivity contribution in [2.24, 2.45) is 5.73 Å². The van der Waals surface area contributed by atoms with Gasteiger partial charge < -0.3 is 21.1 Å². The minimum Gasteiger partial charge on any atom is -0.481 e. The summed E-state index contributed by atoms with van der Waals surface area (Å²) >= 11 is 13.9. The highest BCUT2D eigenvalue weighted by molar-refractivity contribution is 6.39. The molecule has 0 bridgehead atoms. The maximum absolute atomic E-state index is 11.4. The average Bonchev–Trinajstić information content (AvgIpc) is 3.38. The van der Waals surface area contributed by atoms with E-state index in [0.29, 0.717) is 47.7 Å². The third kappa shape index (κ3) is 5.92. The first-order valence-corrected chi connectivity index (χ1v) is 13.5. The Morgan fingerprint density at radius 1 is 0.923 bits per heavy atom. The van der Waals surface area contributed by atoms with E-state index in [1.54, 1.807) is 7.11 Å². The molecule has 1 amide bonds. The molecule has 1 fully saturated rings. The van der Waals surface area contributed by atoms with Gasteiger partial charge in [-0.2, -0.15) is 0 Å². The lowest BCUT2D eigenvalue weighted by Crippen LogP contribution is -2.35. The topological polar surface area (TPSA) is 102 Å². The lowest BCUT2D eigenvalue weighted by atomic mass is 9.98. The number of pyridine rings is 2. The van der Waals surface area contributed by atoms with Crippen LogP contribution in [0.1, 0.15) is 24.1 Å². The molecule has 7 nitrogen and oxygen atoms in total. The number of methoxy groups -OCH3 is 1. The van der Waals surface area contributed by atoms with Crippen LogP contribution in [0.3, 0.4) is 0 Å². The molecule has 1 aliphatic heterocycles. The molecule has 0 unspecified atom stereocenters. The van der Waals surface area contributed by atoms with Gasteiger partial charge in [0.05, 0.1) is 34.2 Å². The Morgan fingerprint density at radius 2 is 1.56 bits per heavy atom. The van der Waals surface area contributed by atoms with E-state index in [2.05, 4.69) is 15.6 Å². The second kappa shape index (κ2) is 12.1. The van der Waals surface area contributed by atoms with Crippen LogP contribution >= 0.6 is 23.2 Å². The molecule has 1 atom stereocenters. The van der Waals surface area contributed by atoms with Crippen LogP contribution in [0, 0.1) is 0 Å². The number of nitrogens with zero attached hydrogens (tertiary/aromatic N) is 2. The summed E-state index contributed by atoms with van der Waals surface area (Å²) in [5.74, 6) is 0.623. The van der Waals surface area contributed by atoms with E-state index < -0.39 is 0 Å². The largest absolute Gasteiger partial charge is 0.481 e. The van der Waals surface area contributed by atoms with Crippen molar-refractivity contribution in [2.75, 3.05) is 13.7 Å². The predicted octanol–water partition coefficient (Wildman–Crippen LogP) is 5.62. The molecule has 1 aliphatic rings. The van der Waals surface area contributed by atoms with Crippen molar-refractivity contribution in [1.82, 2.24) is 20.6 Å². The first-order chi connectivity index (χ1) is 19.0. The van der Waals surface area contributed by atoms with Crippen LogP contribution in [-0.2, 0) is 17.9 Å². The van der Waals surface area contributed by atoms with E-state index in [1.165, 1.54) is 0 Å². The Hall–Kier alpha value is -3.49. The lowest BCUT2D eigenvalue weighted by Gasteiger charge is -2.15. The minimum absolute atomic E-state index is 0.106. The minimum atomic E-state index is 0.106. The van der Waals surface area contributed by atoms with Crippen molar-refractivity contribution in [3.05, 3.63) is 88.0 Å². The summed E-state index contributed by atoms with van der Waals surface area (Å²) in [6.45, 7) is 1.61. The number of hydrogen-bond donors (Lipinski definition) is 3. The standard InChI is InChI=1S/C30H29Cl2N5O2/c1-39-30-18(16-34-17-20-12-14-27(38)36-20)11-13-26(37-30)24-9-4-7-22(29(24)32)21-6-3-8-23(28(21)31)25-10-2-5-19(15-33)35-25/h2-11,13,20,34H,12,14-17,33H2,1H3,(H,36,38)/t20-/m0/s1. The van der Waals surface area contributed by atoms with E-state index in [4.69, 9.17) is 38.7 Å². The number of ether oxygens (including phenoxy) is 1. The number of nitrogens with two attached hydrogens (primary N) is 1. The van der Waals surface area contributed by atoms with Crippen molar-refractivity contribution in [1.29, 1.82) is 0 Å². The molecule has 9 heteroatoms. The van der Waals surface area contributed by atoms with Crippen molar-refractivity contribution in [2.45, 2.75) is 32.0 Å². The number of benzene rings is 2. The first-order valence-electron chi connectivity index (χ1n) is 12.8. The molecule has 3 heterocycles. The monoisotopic (exact) mass is 561 g/mol. The third-order valence-corrected chi connectivity index (χ3v) is 7.59. The molecule has 0 radical (unpaired) electrons. The molecule has 0 spiro atoms. The molecule has 4 aromatic rings. The highest BCUT2D eigenvalue weighted by atomic mass is 35.5. The first kappa shape index (κ1) is 27.1. The van der Waals surface area contributed by atoms with Crippen LogP contribution < -0.4 is 21.1 Å². The van der Waals surface area contributed by atoms with Gasteiger partial charge in [-0.3, -0.25) is 9.78 Å². The third-order valence-electron chi connectivity index (χ3n) is 6.78. The number of aromatic nitrogens is 2. The SMILES string of the molecule is COc1nc(-c2cccc(-c3cccc(-c4cccc(CN)n4)c3Cl)c2Cl)ccc1CNC[C@@H]1CCC(=O)N1. The molecule has 0 saturated carbocycles. The Kier molecular flexibility index (Phi) is 8.43. The second-order valence-corrected chi connectivity index (χ2v) is 10.1. The smallest absolute Gasteiger partial charge is 0.220 e. The molecular weight excluding hydrogens is 533 g/mol. The summed E-state index contributed by atoms with van der Waals surface area (Å²) in [5, 5.41) is 7.45. The molecule has 2 aromatic carbocycles. The van der Waals surface area contributed by atoms with E-state index >= 15 is 0 Å². The lowest BCUT2D eigenvalue weighted by molar-refractivity contribution is -0.119. The van der Waals surface area contributed by atoms with Gasteiger partial charge >= 0.3 is 0 Å². The molecule has 0 aliphatic carbocycles. The van der Waals surface area contributed by atoms with Gasteiger partial charge in [0.2, 0.25) is 11.8 Å². The van der Waals surface area contributed by atoms with Gasteiger partial charge in [-0.25, -0.2) is 4.98 Å². The quantitative estimate of drug-likeness (QED) is 0.245. The molecule has 200 valence electrons. The average molecular weight is 563 g/mol. The van der Waals surface area contributed by atoms with Gasteiger partial charge in [0.15, 0.2) is 0 Å². The molecular formula is C30H29Cl2N5O2. The van der Waals surface area contributed by atoms with Crippen molar-refractivity contribution < 1.29 is 9.53 Å². The Bertz CT molecular complexity index is 1510. The van der Waals surface area contributed by atoms with Gasteiger partial charge in [-0.05, 0) is 24.6 Å². The normalized spacial score (nSPS) is 14.9. The Balaban J connectivity index is 1.42. The zero-order valence-electron chi connectivity index (χ0n) is 21.5. The van der Waals surface area contributed by atoms with Crippen LogP contribution in [0.15, 0.2) is 66.7 Å². The van der Waals surface area contributed by atoms with Crippen LogP contribution in [0.4, 0.5) is 0 Å². The fourth-order valence-electron chi connectivity index (χ4n) is 4.76. The summed E-state index contributed by atoms with van der Waals surface area (Å²) in [5.41, 5.74) is 12.1. The number of halogens is 2. The molecule has 1 saturated heterocycles. The number of amides is 1. The number of hydrogen-bond acceptors (Lipinski definition) is 6. The summed E-state index contributed by atoms with van der Waals surface area (Å²) in [4.78, 5) is 20.8. The van der Waals surface area contributed by atoms with E-state index in [-0.39, 0.29) is 11.9 Å². The number of carbonyl (C=O) groups excluding carboxylic acids is 1. The maximum atomic E-state index is 11.4. The van der Waals surface area contributed by atoms with Gasteiger partial charge in [0, 0.05) is 59.9 Å². The summed E-state index contributed by atoms with van der Waals surface area (Å²) in [6.07, 6.45) is 1.43. The van der Waals surface area contributed by atoms with Crippen LogP contribution in [0.2, 0.25) is 10.0 Å². The van der Waals surface area contributed by atoms with Crippen molar-refractivity contribution in [3.8, 4) is 39.5 Å². The van der Waals surface area contributed by atoms with Gasteiger partial charge in [0.1, 0.15) is 0 Å². The molecule has 2 aromatic heterocycles. The van der Waals surface area contributed by atoms with Crippen LogP contribution in [-0.4, -0.2) is 35.6 Å². The molecule has 39 heavy (non-hydrogen) atoms. The second-order valence-electron chi connectivity index (χ2n) is 9.35. The maximum Gasteiger partial charge on any atom is 0.220 e. The predicted molar refractivity (Wildman–Crippen MR) is 156 cm³/mol. The van der Waals surface area contributed by atoms with Gasteiger partial charge in [-0.15, -0.1) is 0 Å². The summed E-state index contributed by atoms with van der Waals surface area (Å²) < 4.78 is 5.60. The van der Waals surface area contributed by atoms with Crippen LogP contribution in [0.5, 0.6) is 5.88 Å². The van der Waals surface area contributed by atoms with Crippen molar-refractivity contribution >= 4 is 29.1 Å². The number of carbonyl (C=O) groups is 1. The Labute approximate surface area is 237 Å². The fourth-order valence-corrected chi connectivity index (χ4v) is 5.41. The van der Waals surface area contributed by atoms with Crippen LogP contribution in [0.25, 0.3) is 33.6 Å². The van der Waals surface area contributed by atoms with Gasteiger partial charge in [0.25, 0.3) is 0 Å². The zero-order valence-corrected chi connectivity index (χ0v) is 23.0. The van der Waals surface area contributed by atoms with Crippen molar-refractivity contribution in [3.63, 3.8) is 0 Å². The summed E-state index contributed by atoms with van der Waals surface area (Å²) in [6, 6.07) is 21.4.